The maximum Gasteiger partial charge on any atom is 0.275 e. The number of nitrogens with two attached hydrogens (primary N) is 1. The minimum Gasteiger partial charge on any atom is -0.488 e. The summed E-state index contributed by atoms with van der Waals surface area (Å²) in [6.45, 7) is 0.749. The lowest BCUT2D eigenvalue weighted by molar-refractivity contribution is 0.0247. The number of nitrogens with one attached hydrogen (secondary N) is 1. The number of ether oxygens (including phenoxy) is 3. The summed E-state index contributed by atoms with van der Waals surface area (Å²) in [4.78, 5) is 17.1. The highest BCUT2D eigenvalue weighted by Gasteiger charge is 2.30. The lowest BCUT2D eigenvalue weighted by Gasteiger charge is -2.17. The van der Waals surface area contributed by atoms with Crippen molar-refractivity contribution in [1.29, 1.82) is 0 Å². The Hall–Kier alpha value is -3.00. The third-order valence-corrected chi connectivity index (χ3v) is 7.24. The van der Waals surface area contributed by atoms with Crippen molar-refractivity contribution in [2.24, 2.45) is 12.8 Å². The molecule has 0 radical (unpaired) electrons. The van der Waals surface area contributed by atoms with Crippen LogP contribution in [0.3, 0.4) is 0 Å². The lowest BCUT2D eigenvalue weighted by Crippen LogP contribution is -2.32. The van der Waals surface area contributed by atoms with E-state index in [2.05, 4.69) is 15.4 Å². The van der Waals surface area contributed by atoms with E-state index in [1.807, 2.05) is 0 Å². The van der Waals surface area contributed by atoms with E-state index < -0.39 is 35.9 Å². The number of carbonyl (C=O) groups excluding carboxylic acids is 1. The van der Waals surface area contributed by atoms with Crippen LogP contribution in [0.15, 0.2) is 23.7 Å². The summed E-state index contributed by atoms with van der Waals surface area (Å²) in [7, 11) is 1.69. The van der Waals surface area contributed by atoms with Crippen LogP contribution in [0.4, 0.5) is 18.9 Å². The van der Waals surface area contributed by atoms with Gasteiger partial charge < -0.3 is 25.3 Å². The Kier molecular flexibility index (Phi) is 7.47. The molecule has 2 aliphatic heterocycles. The molecule has 9 nitrogen and oxygen atoms in total. The summed E-state index contributed by atoms with van der Waals surface area (Å²) in [6, 6.07) is 1.57. The molecule has 3 N–H and O–H groups in total. The number of carbonyl (C=O) groups is 1. The average molecular weight is 538 g/mol. The first-order chi connectivity index (χ1) is 17.8. The van der Waals surface area contributed by atoms with E-state index in [1.165, 1.54) is 11.6 Å². The van der Waals surface area contributed by atoms with Crippen LogP contribution in [0.5, 0.6) is 5.75 Å². The van der Waals surface area contributed by atoms with Crippen LogP contribution in [0, 0.1) is 11.6 Å². The molecule has 4 heterocycles. The predicted molar refractivity (Wildman–Crippen MR) is 129 cm³/mol. The maximum absolute atomic E-state index is 14.8. The Bertz CT molecular complexity index is 1240. The molecule has 4 atom stereocenters. The Balaban J connectivity index is 1.32. The molecule has 3 aromatic rings. The number of thiazole rings is 1. The molecule has 2 saturated heterocycles. The number of aryl methyl sites for hydroxylation is 1. The normalized spacial score (nSPS) is 24.1. The largest absolute Gasteiger partial charge is 0.488 e. The molecule has 2 aromatic heterocycles. The topological polar surface area (TPSA) is 114 Å². The van der Waals surface area contributed by atoms with E-state index in [0.29, 0.717) is 43.9 Å². The van der Waals surface area contributed by atoms with Crippen molar-refractivity contribution >= 4 is 22.9 Å². The molecule has 1 aromatic carbocycles. The lowest BCUT2D eigenvalue weighted by atomic mass is 10.0. The van der Waals surface area contributed by atoms with Gasteiger partial charge in [0.15, 0.2) is 0 Å². The number of anilines is 1. The number of aromatic nitrogens is 3. The average Bonchev–Trinajstić information content (AvgIpc) is 3.59. The van der Waals surface area contributed by atoms with Gasteiger partial charge in [0.1, 0.15) is 46.5 Å². The van der Waals surface area contributed by atoms with Crippen molar-refractivity contribution in [1.82, 2.24) is 14.8 Å². The highest BCUT2D eigenvalue weighted by molar-refractivity contribution is 7.13. The number of amides is 1. The van der Waals surface area contributed by atoms with Crippen molar-refractivity contribution in [2.45, 2.75) is 43.7 Å². The van der Waals surface area contributed by atoms with Gasteiger partial charge in [0.05, 0.1) is 43.0 Å². The van der Waals surface area contributed by atoms with Crippen LogP contribution in [-0.2, 0) is 16.5 Å². The van der Waals surface area contributed by atoms with Crippen molar-refractivity contribution in [3.8, 4) is 16.3 Å². The Morgan fingerprint density at radius 2 is 2.03 bits per heavy atom. The van der Waals surface area contributed by atoms with Crippen LogP contribution >= 0.6 is 11.3 Å². The van der Waals surface area contributed by atoms with Crippen LogP contribution in [0.2, 0.25) is 0 Å². The van der Waals surface area contributed by atoms with Crippen molar-refractivity contribution in [2.75, 3.05) is 25.1 Å². The number of alkyl halides is 1. The van der Waals surface area contributed by atoms with Gasteiger partial charge in [-0.2, -0.15) is 5.10 Å². The second kappa shape index (κ2) is 10.8. The standard InChI is InChI=1S/C24H26F3N5O4S/c1-32-22(20-3-2-17(28)16(27)10-35-20)18(8-29-32)30-23(33)19-11-37-24(31-19)21-14(25)6-13(7-15(21)26)36-12-4-5-34-9-12/h6-8,11-12,16-17,20H,2-5,9-10,28H2,1H3,(H,30,33)/t12-,16-,17-,20+/m1/s1. The van der Waals surface area contributed by atoms with Gasteiger partial charge in [-0.15, -0.1) is 11.3 Å². The SMILES string of the molecule is Cn1ncc(NC(=O)c2csc(-c3c(F)cc(O[C@@H]4CCOC4)cc3F)n2)c1[C@@H]1CC[C@@H](N)[C@H](F)CO1. The molecule has 0 bridgehead atoms. The molecular weight excluding hydrogens is 511 g/mol. The van der Waals surface area contributed by atoms with Crippen molar-refractivity contribution in [3.05, 3.63) is 46.7 Å². The number of halogens is 3. The van der Waals surface area contributed by atoms with Gasteiger partial charge in [-0.1, -0.05) is 0 Å². The molecule has 198 valence electrons. The number of benzene rings is 1. The smallest absolute Gasteiger partial charge is 0.275 e. The molecule has 2 fully saturated rings. The molecule has 13 heteroatoms. The van der Waals surface area contributed by atoms with Crippen LogP contribution < -0.4 is 15.8 Å². The number of hydrogen-bond acceptors (Lipinski definition) is 8. The van der Waals surface area contributed by atoms with Crippen LogP contribution in [0.25, 0.3) is 10.6 Å². The third-order valence-electron chi connectivity index (χ3n) is 6.38. The highest BCUT2D eigenvalue weighted by atomic mass is 32.1. The fourth-order valence-electron chi connectivity index (χ4n) is 4.38. The van der Waals surface area contributed by atoms with E-state index >= 15 is 0 Å². The van der Waals surface area contributed by atoms with Crippen molar-refractivity contribution < 1.29 is 32.2 Å². The van der Waals surface area contributed by atoms with E-state index in [-0.39, 0.29) is 34.7 Å². The highest BCUT2D eigenvalue weighted by Crippen LogP contribution is 2.34. The number of rotatable bonds is 6. The van der Waals surface area contributed by atoms with Gasteiger partial charge >= 0.3 is 0 Å². The zero-order chi connectivity index (χ0) is 26.1. The molecule has 0 unspecified atom stereocenters. The summed E-state index contributed by atoms with van der Waals surface area (Å²) in [5, 5.41) is 8.34. The first kappa shape index (κ1) is 25.6. The van der Waals surface area contributed by atoms with Crippen LogP contribution in [0.1, 0.15) is 41.5 Å². The van der Waals surface area contributed by atoms with Gasteiger partial charge in [-0.3, -0.25) is 9.48 Å². The molecule has 0 spiro atoms. The molecule has 1 amide bonds. The fourth-order valence-corrected chi connectivity index (χ4v) is 5.23. The van der Waals surface area contributed by atoms with Gasteiger partial charge in [0.25, 0.3) is 5.91 Å². The molecule has 37 heavy (non-hydrogen) atoms. The van der Waals surface area contributed by atoms with Gasteiger partial charge in [0.2, 0.25) is 0 Å². The summed E-state index contributed by atoms with van der Waals surface area (Å²) in [5.41, 5.74) is 6.39. The zero-order valence-corrected chi connectivity index (χ0v) is 20.8. The summed E-state index contributed by atoms with van der Waals surface area (Å²) >= 11 is 0.935. The monoisotopic (exact) mass is 537 g/mol. The molecular formula is C24H26F3N5O4S. The second-order valence-corrected chi connectivity index (χ2v) is 9.86. The molecule has 0 saturated carbocycles. The van der Waals surface area contributed by atoms with Crippen LogP contribution in [-0.4, -0.2) is 58.8 Å². The predicted octanol–water partition coefficient (Wildman–Crippen LogP) is 3.76. The fraction of sp³-hybridized carbons (Fsp3) is 0.458. The Morgan fingerprint density at radius 3 is 2.76 bits per heavy atom. The molecule has 0 aliphatic carbocycles. The van der Waals surface area contributed by atoms with Crippen molar-refractivity contribution in [3.63, 3.8) is 0 Å². The van der Waals surface area contributed by atoms with Gasteiger partial charge in [-0.05, 0) is 12.8 Å². The number of hydrogen-bond donors (Lipinski definition) is 2. The summed E-state index contributed by atoms with van der Waals surface area (Å²) < 4.78 is 61.7. The minimum absolute atomic E-state index is 0.0115. The minimum atomic E-state index is -1.28. The van der Waals surface area contributed by atoms with Gasteiger partial charge in [0, 0.05) is 37.0 Å². The molecule has 2 aliphatic rings. The maximum atomic E-state index is 14.8. The quantitative estimate of drug-likeness (QED) is 0.492. The summed E-state index contributed by atoms with van der Waals surface area (Å²) in [6.07, 6.45) is 0.922. The Labute approximate surface area is 214 Å². The first-order valence-electron chi connectivity index (χ1n) is 11.8. The summed E-state index contributed by atoms with van der Waals surface area (Å²) in [5.74, 6) is -2.22. The third kappa shape index (κ3) is 5.49. The number of nitrogens with zero attached hydrogens (tertiary/aromatic N) is 3. The Morgan fingerprint density at radius 1 is 1.24 bits per heavy atom. The van der Waals surface area contributed by atoms with E-state index in [0.717, 1.165) is 23.5 Å². The van der Waals surface area contributed by atoms with E-state index in [4.69, 9.17) is 19.9 Å². The molecule has 5 rings (SSSR count). The second-order valence-electron chi connectivity index (χ2n) is 9.00. The van der Waals surface area contributed by atoms with Gasteiger partial charge in [-0.25, -0.2) is 18.2 Å². The van der Waals surface area contributed by atoms with E-state index in [9.17, 15) is 18.0 Å². The first-order valence-corrected chi connectivity index (χ1v) is 12.7. The van der Waals surface area contributed by atoms with E-state index in [1.54, 1.807) is 11.7 Å². The zero-order valence-electron chi connectivity index (χ0n) is 20.0.